The minimum atomic E-state index is -0.463. The standard InChI is InChI=1S/C26H35N5O5/c1-7-8-9-10-20-11-21-24(27-12-20)35-22(16(2)13-31(25(21)33)17(3)15-32)14-30(6)26(34)28-23-18(4)29-36-19(23)5/h11-12,16-17,22,32H,7-8,13-15H2,1-6H3,(H,28,34)/t16-,17-,22-/m0/s1. The number of aryl methyl sites for hydroxylation is 2. The Morgan fingerprint density at radius 1 is 1.42 bits per heavy atom. The number of unbranched alkanes of at least 4 members (excludes halogenated alkanes) is 1. The molecule has 2 N–H and O–H groups in total. The van der Waals surface area contributed by atoms with Crippen LogP contribution in [0.15, 0.2) is 16.8 Å². The van der Waals surface area contributed by atoms with E-state index in [9.17, 15) is 14.7 Å². The van der Waals surface area contributed by atoms with E-state index in [2.05, 4.69) is 27.3 Å². The van der Waals surface area contributed by atoms with Crippen molar-refractivity contribution in [3.05, 3.63) is 34.8 Å². The molecule has 3 amide bonds. The molecule has 3 rings (SSSR count). The highest BCUT2D eigenvalue weighted by molar-refractivity contribution is 5.97. The lowest BCUT2D eigenvalue weighted by Crippen LogP contribution is -2.50. The molecule has 0 spiro atoms. The molecule has 0 bridgehead atoms. The number of aromatic nitrogens is 2. The van der Waals surface area contributed by atoms with Crippen molar-refractivity contribution < 1.29 is 24.0 Å². The molecule has 0 unspecified atom stereocenters. The lowest BCUT2D eigenvalue weighted by molar-refractivity contribution is 0.0356. The molecule has 2 aromatic rings. The van der Waals surface area contributed by atoms with Crippen LogP contribution in [0.25, 0.3) is 0 Å². The van der Waals surface area contributed by atoms with Gasteiger partial charge in [-0.05, 0) is 33.3 Å². The highest BCUT2D eigenvalue weighted by Gasteiger charge is 2.34. The number of fused-ring (bicyclic) bond motifs is 1. The lowest BCUT2D eigenvalue weighted by Gasteiger charge is -2.37. The first-order chi connectivity index (χ1) is 17.2. The summed E-state index contributed by atoms with van der Waals surface area (Å²) in [5.41, 5.74) is 2.04. The van der Waals surface area contributed by atoms with Gasteiger partial charge in [-0.25, -0.2) is 9.78 Å². The first-order valence-corrected chi connectivity index (χ1v) is 12.2. The number of aliphatic hydroxyl groups excluding tert-OH is 1. The number of nitrogens with one attached hydrogen (secondary N) is 1. The summed E-state index contributed by atoms with van der Waals surface area (Å²) in [5.74, 6) is 6.40. The highest BCUT2D eigenvalue weighted by atomic mass is 16.5. The average Bonchev–Trinajstić information content (AvgIpc) is 3.18. The second-order valence-corrected chi connectivity index (χ2v) is 9.26. The molecule has 3 heterocycles. The number of ether oxygens (including phenoxy) is 1. The summed E-state index contributed by atoms with van der Waals surface area (Å²) in [7, 11) is 1.67. The molecule has 0 saturated carbocycles. The zero-order valence-corrected chi connectivity index (χ0v) is 21.8. The van der Waals surface area contributed by atoms with Crippen LogP contribution in [0.5, 0.6) is 5.88 Å². The van der Waals surface area contributed by atoms with Gasteiger partial charge in [0.05, 0.1) is 19.2 Å². The fraction of sp³-hybridized carbons (Fsp3) is 0.538. The first-order valence-electron chi connectivity index (χ1n) is 12.2. The van der Waals surface area contributed by atoms with Crippen molar-refractivity contribution in [1.82, 2.24) is 19.9 Å². The summed E-state index contributed by atoms with van der Waals surface area (Å²) in [6.45, 7) is 9.68. The van der Waals surface area contributed by atoms with Crippen molar-refractivity contribution in [3.63, 3.8) is 0 Å². The number of nitrogens with zero attached hydrogens (tertiary/aromatic N) is 4. The molecule has 10 heteroatoms. The molecule has 0 saturated heterocycles. The second kappa shape index (κ2) is 11.9. The number of carbonyl (C=O) groups excluding carboxylic acids is 2. The predicted octanol–water partition coefficient (Wildman–Crippen LogP) is 3.22. The Kier molecular flexibility index (Phi) is 8.93. The van der Waals surface area contributed by atoms with Crippen LogP contribution >= 0.6 is 0 Å². The van der Waals surface area contributed by atoms with Gasteiger partial charge in [0, 0.05) is 37.7 Å². The molecule has 10 nitrogen and oxygen atoms in total. The quantitative estimate of drug-likeness (QED) is 0.588. The Labute approximate surface area is 212 Å². The van der Waals surface area contributed by atoms with Crippen molar-refractivity contribution in [2.75, 3.05) is 32.1 Å². The summed E-state index contributed by atoms with van der Waals surface area (Å²) in [4.78, 5) is 33.9. The summed E-state index contributed by atoms with van der Waals surface area (Å²) < 4.78 is 11.4. The summed E-state index contributed by atoms with van der Waals surface area (Å²) in [6, 6.07) is 0.946. The predicted molar refractivity (Wildman–Crippen MR) is 135 cm³/mol. The fourth-order valence-corrected chi connectivity index (χ4v) is 3.89. The van der Waals surface area contributed by atoms with Gasteiger partial charge < -0.3 is 29.5 Å². The third kappa shape index (κ3) is 6.15. The topological polar surface area (TPSA) is 121 Å². The van der Waals surface area contributed by atoms with Gasteiger partial charge in [0.1, 0.15) is 23.0 Å². The van der Waals surface area contributed by atoms with Crippen LogP contribution in [0.2, 0.25) is 0 Å². The van der Waals surface area contributed by atoms with Crippen LogP contribution < -0.4 is 10.1 Å². The Hall–Kier alpha value is -3.58. The van der Waals surface area contributed by atoms with Gasteiger partial charge in [-0.3, -0.25) is 4.79 Å². The fourth-order valence-electron chi connectivity index (χ4n) is 3.89. The van der Waals surface area contributed by atoms with Crippen LogP contribution in [0, 0.1) is 31.6 Å². The van der Waals surface area contributed by atoms with E-state index in [4.69, 9.17) is 9.26 Å². The molecular weight excluding hydrogens is 462 g/mol. The monoisotopic (exact) mass is 497 g/mol. The number of carbonyl (C=O) groups is 2. The van der Waals surface area contributed by atoms with Crippen LogP contribution in [0.1, 0.15) is 61.0 Å². The maximum atomic E-state index is 13.5. The van der Waals surface area contributed by atoms with E-state index in [-0.39, 0.29) is 36.9 Å². The minimum absolute atomic E-state index is 0.156. The van der Waals surface area contributed by atoms with Crippen LogP contribution in [-0.2, 0) is 0 Å². The van der Waals surface area contributed by atoms with Gasteiger partial charge in [-0.2, -0.15) is 0 Å². The number of amides is 3. The second-order valence-electron chi connectivity index (χ2n) is 9.26. The molecule has 0 aliphatic carbocycles. The third-order valence-electron chi connectivity index (χ3n) is 6.19. The van der Waals surface area contributed by atoms with Crippen LogP contribution in [0.3, 0.4) is 0 Å². The maximum Gasteiger partial charge on any atom is 0.321 e. The SMILES string of the molecule is CCCC#Cc1cnc2c(c1)C(=O)N([C@@H](C)CO)C[C@H](C)[C@H](CN(C)C(=O)Nc1c(C)noc1C)O2. The van der Waals surface area contributed by atoms with Gasteiger partial charge in [0.15, 0.2) is 5.76 Å². The Morgan fingerprint density at radius 3 is 2.81 bits per heavy atom. The normalized spacial score (nSPS) is 18.2. The van der Waals surface area contributed by atoms with Crippen LogP contribution in [0.4, 0.5) is 10.5 Å². The number of urea groups is 1. The zero-order valence-electron chi connectivity index (χ0n) is 21.8. The molecule has 2 aromatic heterocycles. The van der Waals surface area contributed by atoms with Gasteiger partial charge in [-0.1, -0.05) is 30.8 Å². The molecule has 1 aliphatic rings. The summed E-state index contributed by atoms with van der Waals surface area (Å²) in [6.07, 6.45) is 2.81. The summed E-state index contributed by atoms with van der Waals surface area (Å²) in [5, 5.41) is 16.5. The number of hydrogen-bond donors (Lipinski definition) is 2. The van der Waals surface area contributed by atoms with E-state index in [1.165, 1.54) is 4.90 Å². The number of likely N-dealkylation sites (N-methyl/N-ethyl adjacent to an activating group) is 1. The van der Waals surface area contributed by atoms with Crippen LogP contribution in [-0.4, -0.2) is 75.9 Å². The molecule has 36 heavy (non-hydrogen) atoms. The molecule has 0 aromatic carbocycles. The van der Waals surface area contributed by atoms with E-state index in [1.807, 2.05) is 13.8 Å². The van der Waals surface area contributed by atoms with Gasteiger partial charge >= 0.3 is 6.03 Å². The molecule has 1 aliphatic heterocycles. The van der Waals surface area contributed by atoms with Gasteiger partial charge in [0.25, 0.3) is 5.91 Å². The summed E-state index contributed by atoms with van der Waals surface area (Å²) >= 11 is 0. The molecule has 3 atom stereocenters. The maximum absolute atomic E-state index is 13.5. The number of hydrogen-bond acceptors (Lipinski definition) is 7. The molecular formula is C26H35N5O5. The molecule has 0 fully saturated rings. The average molecular weight is 498 g/mol. The van der Waals surface area contributed by atoms with E-state index in [0.29, 0.717) is 34.8 Å². The van der Waals surface area contributed by atoms with Crippen molar-refractivity contribution in [2.24, 2.45) is 5.92 Å². The highest BCUT2D eigenvalue weighted by Crippen LogP contribution is 2.27. The van der Waals surface area contributed by atoms with Crippen molar-refractivity contribution in [2.45, 2.75) is 59.6 Å². The molecule has 0 radical (unpaired) electrons. The van der Waals surface area contributed by atoms with Crippen molar-refractivity contribution in [3.8, 4) is 17.7 Å². The lowest BCUT2D eigenvalue weighted by atomic mass is 10.00. The van der Waals surface area contributed by atoms with Crippen molar-refractivity contribution in [1.29, 1.82) is 0 Å². The van der Waals surface area contributed by atoms with Gasteiger partial charge in [-0.15, -0.1) is 0 Å². The van der Waals surface area contributed by atoms with Crippen molar-refractivity contribution >= 4 is 17.6 Å². The molecule has 194 valence electrons. The smallest absolute Gasteiger partial charge is 0.321 e. The minimum Gasteiger partial charge on any atom is -0.472 e. The zero-order chi connectivity index (χ0) is 26.4. The third-order valence-corrected chi connectivity index (χ3v) is 6.19. The number of aliphatic hydroxyl groups is 1. The van der Waals surface area contributed by atoms with E-state index in [1.54, 1.807) is 45.0 Å². The largest absolute Gasteiger partial charge is 0.472 e. The van der Waals surface area contributed by atoms with E-state index in [0.717, 1.165) is 12.8 Å². The number of pyridine rings is 1. The Balaban J connectivity index is 1.88. The number of rotatable bonds is 6. The van der Waals surface area contributed by atoms with E-state index < -0.39 is 12.1 Å². The number of anilines is 1. The van der Waals surface area contributed by atoms with E-state index >= 15 is 0 Å². The first kappa shape index (κ1) is 27.0. The Bertz CT molecular complexity index is 1130. The van der Waals surface area contributed by atoms with Gasteiger partial charge in [0.2, 0.25) is 5.88 Å². The Morgan fingerprint density at radius 2 is 2.17 bits per heavy atom.